The van der Waals surface area contributed by atoms with Gasteiger partial charge in [0.2, 0.25) is 0 Å². The summed E-state index contributed by atoms with van der Waals surface area (Å²) in [5.41, 5.74) is 1.29. The number of benzene rings is 1. The lowest BCUT2D eigenvalue weighted by Crippen LogP contribution is -2.13. The van der Waals surface area contributed by atoms with Gasteiger partial charge in [0.05, 0.1) is 7.11 Å². The fraction of sp³-hybridized carbons (Fsp3) is 0.105. The highest BCUT2D eigenvalue weighted by molar-refractivity contribution is 6.04. The molecule has 0 unspecified atom stereocenters. The van der Waals surface area contributed by atoms with Crippen molar-refractivity contribution in [2.75, 3.05) is 12.4 Å². The van der Waals surface area contributed by atoms with E-state index < -0.39 is 5.91 Å². The maximum absolute atomic E-state index is 12.4. The molecule has 2 heterocycles. The number of methoxy groups -OCH3 is 1. The van der Waals surface area contributed by atoms with Gasteiger partial charge in [0, 0.05) is 24.2 Å². The van der Waals surface area contributed by atoms with Gasteiger partial charge in [-0.15, -0.1) is 0 Å². The van der Waals surface area contributed by atoms with Gasteiger partial charge in [-0.1, -0.05) is 0 Å². The number of pyridine rings is 2. The van der Waals surface area contributed by atoms with Crippen LogP contribution in [0.5, 0.6) is 17.2 Å². The van der Waals surface area contributed by atoms with Gasteiger partial charge < -0.3 is 19.9 Å². The van der Waals surface area contributed by atoms with Crippen molar-refractivity contribution in [1.29, 1.82) is 0 Å². The molecule has 0 spiro atoms. The van der Waals surface area contributed by atoms with E-state index in [1.807, 2.05) is 12.1 Å². The van der Waals surface area contributed by atoms with Crippen LogP contribution >= 0.6 is 0 Å². The number of hydrogen-bond donors (Lipinski definition) is 2. The molecule has 132 valence electrons. The summed E-state index contributed by atoms with van der Waals surface area (Å²) in [5.74, 6) is 0.505. The Morgan fingerprint density at radius 1 is 1.12 bits per heavy atom. The van der Waals surface area contributed by atoms with Crippen molar-refractivity contribution >= 4 is 11.7 Å². The lowest BCUT2D eigenvalue weighted by molar-refractivity contribution is 0.102. The summed E-state index contributed by atoms with van der Waals surface area (Å²) in [6.45, 7) is 0.310. The number of nitrogens with zero attached hydrogens (tertiary/aromatic N) is 2. The third-order valence-electron chi connectivity index (χ3n) is 3.59. The van der Waals surface area contributed by atoms with Crippen LogP contribution < -0.4 is 14.8 Å². The van der Waals surface area contributed by atoms with Crippen LogP contribution in [0.15, 0.2) is 61.1 Å². The van der Waals surface area contributed by atoms with Gasteiger partial charge in [0.25, 0.3) is 5.91 Å². The van der Waals surface area contributed by atoms with Crippen molar-refractivity contribution in [2.24, 2.45) is 0 Å². The summed E-state index contributed by atoms with van der Waals surface area (Å²) < 4.78 is 11.1. The second kappa shape index (κ2) is 7.98. The Morgan fingerprint density at radius 2 is 1.92 bits per heavy atom. The SMILES string of the molecule is COc1ccc(C(=O)Nc2ncccc2O)cc1OCc1ccncc1. The Labute approximate surface area is 150 Å². The predicted molar refractivity (Wildman–Crippen MR) is 95.4 cm³/mol. The lowest BCUT2D eigenvalue weighted by Gasteiger charge is -2.12. The average molecular weight is 351 g/mol. The molecule has 0 aliphatic rings. The third-order valence-corrected chi connectivity index (χ3v) is 3.59. The van der Waals surface area contributed by atoms with E-state index in [9.17, 15) is 9.90 Å². The molecule has 0 saturated carbocycles. The Hall–Kier alpha value is -3.61. The van der Waals surface area contributed by atoms with Gasteiger partial charge in [-0.25, -0.2) is 4.98 Å². The largest absolute Gasteiger partial charge is 0.504 e. The van der Waals surface area contributed by atoms with Crippen LogP contribution in [0.3, 0.4) is 0 Å². The minimum Gasteiger partial charge on any atom is -0.504 e. The van der Waals surface area contributed by atoms with Crippen LogP contribution in [-0.2, 0) is 6.61 Å². The minimum atomic E-state index is -0.421. The van der Waals surface area contributed by atoms with Crippen LogP contribution in [0, 0.1) is 0 Å². The molecule has 0 fully saturated rings. The molecule has 7 nitrogen and oxygen atoms in total. The topological polar surface area (TPSA) is 93.6 Å². The molecule has 0 aliphatic carbocycles. The van der Waals surface area contributed by atoms with Gasteiger partial charge in [-0.05, 0) is 48.0 Å². The van der Waals surface area contributed by atoms with Crippen molar-refractivity contribution in [3.8, 4) is 17.2 Å². The summed E-state index contributed by atoms with van der Waals surface area (Å²) in [6, 6.07) is 11.5. The summed E-state index contributed by atoms with van der Waals surface area (Å²) in [6.07, 6.45) is 4.84. The number of ether oxygens (including phenoxy) is 2. The number of aromatic hydroxyl groups is 1. The second-order valence-corrected chi connectivity index (χ2v) is 5.34. The highest BCUT2D eigenvalue weighted by Gasteiger charge is 2.13. The van der Waals surface area contributed by atoms with Crippen molar-refractivity contribution in [3.05, 3.63) is 72.2 Å². The van der Waals surface area contributed by atoms with E-state index in [1.54, 1.807) is 36.7 Å². The van der Waals surface area contributed by atoms with Crippen LogP contribution in [0.2, 0.25) is 0 Å². The first-order valence-electron chi connectivity index (χ1n) is 7.82. The molecular formula is C19H17N3O4. The smallest absolute Gasteiger partial charge is 0.257 e. The zero-order valence-electron chi connectivity index (χ0n) is 14.0. The molecule has 2 N–H and O–H groups in total. The Morgan fingerprint density at radius 3 is 2.65 bits per heavy atom. The molecule has 3 rings (SSSR count). The van der Waals surface area contributed by atoms with E-state index in [0.717, 1.165) is 5.56 Å². The summed E-state index contributed by atoms with van der Waals surface area (Å²) in [4.78, 5) is 20.3. The standard InChI is InChI=1S/C19H17N3O4/c1-25-16-5-4-14(19(24)22-18-15(23)3-2-8-21-18)11-17(16)26-12-13-6-9-20-10-7-13/h2-11,23H,12H2,1H3,(H,21,22,24). The highest BCUT2D eigenvalue weighted by atomic mass is 16.5. The number of amides is 1. The molecule has 26 heavy (non-hydrogen) atoms. The number of carbonyl (C=O) groups is 1. The maximum Gasteiger partial charge on any atom is 0.257 e. The first-order chi connectivity index (χ1) is 12.7. The predicted octanol–water partition coefficient (Wildman–Crippen LogP) is 3.02. The lowest BCUT2D eigenvalue weighted by atomic mass is 10.2. The molecule has 1 amide bonds. The third kappa shape index (κ3) is 4.07. The first kappa shape index (κ1) is 17.2. The van der Waals surface area contributed by atoms with Crippen molar-refractivity contribution in [2.45, 2.75) is 6.61 Å². The zero-order chi connectivity index (χ0) is 18.4. The highest BCUT2D eigenvalue weighted by Crippen LogP contribution is 2.29. The van der Waals surface area contributed by atoms with Crippen molar-refractivity contribution in [1.82, 2.24) is 9.97 Å². The Balaban J connectivity index is 1.78. The zero-order valence-corrected chi connectivity index (χ0v) is 14.0. The molecule has 2 aromatic heterocycles. The Bertz CT molecular complexity index is 900. The number of rotatable bonds is 6. The van der Waals surface area contributed by atoms with E-state index >= 15 is 0 Å². The van der Waals surface area contributed by atoms with E-state index in [0.29, 0.717) is 23.7 Å². The average Bonchev–Trinajstić information content (AvgIpc) is 2.68. The summed E-state index contributed by atoms with van der Waals surface area (Å²) >= 11 is 0. The maximum atomic E-state index is 12.4. The van der Waals surface area contributed by atoms with E-state index in [-0.39, 0.29) is 11.6 Å². The van der Waals surface area contributed by atoms with Gasteiger partial charge in [-0.2, -0.15) is 0 Å². The molecule has 1 aromatic carbocycles. The van der Waals surface area contributed by atoms with E-state index in [2.05, 4.69) is 15.3 Å². The number of aromatic nitrogens is 2. The molecular weight excluding hydrogens is 334 g/mol. The van der Waals surface area contributed by atoms with Gasteiger partial charge in [0.1, 0.15) is 6.61 Å². The number of carbonyl (C=O) groups excluding carboxylic acids is 1. The number of hydrogen-bond acceptors (Lipinski definition) is 6. The normalized spacial score (nSPS) is 10.2. The van der Waals surface area contributed by atoms with Gasteiger partial charge in [0.15, 0.2) is 23.1 Å². The first-order valence-corrected chi connectivity index (χ1v) is 7.82. The van der Waals surface area contributed by atoms with Crippen LogP contribution in [0.4, 0.5) is 5.82 Å². The second-order valence-electron chi connectivity index (χ2n) is 5.34. The fourth-order valence-electron chi connectivity index (χ4n) is 2.24. The van der Waals surface area contributed by atoms with Gasteiger partial charge in [-0.3, -0.25) is 9.78 Å². The summed E-state index contributed by atoms with van der Waals surface area (Å²) in [7, 11) is 1.53. The summed E-state index contributed by atoms with van der Waals surface area (Å²) in [5, 5.41) is 12.3. The molecule has 7 heteroatoms. The van der Waals surface area contributed by atoms with Gasteiger partial charge >= 0.3 is 0 Å². The molecule has 0 atom stereocenters. The minimum absolute atomic E-state index is 0.0903. The van der Waals surface area contributed by atoms with E-state index in [4.69, 9.17) is 9.47 Å². The fourth-order valence-corrected chi connectivity index (χ4v) is 2.24. The Kier molecular flexibility index (Phi) is 5.28. The quantitative estimate of drug-likeness (QED) is 0.709. The van der Waals surface area contributed by atoms with Crippen molar-refractivity contribution < 1.29 is 19.4 Å². The van der Waals surface area contributed by atoms with Crippen molar-refractivity contribution in [3.63, 3.8) is 0 Å². The van der Waals surface area contributed by atoms with Crippen LogP contribution in [0.1, 0.15) is 15.9 Å². The molecule has 0 radical (unpaired) electrons. The molecule has 0 saturated heterocycles. The monoisotopic (exact) mass is 351 g/mol. The number of anilines is 1. The van der Waals surface area contributed by atoms with E-state index in [1.165, 1.54) is 19.4 Å². The molecule has 0 bridgehead atoms. The van der Waals surface area contributed by atoms with Crippen LogP contribution in [0.25, 0.3) is 0 Å². The number of nitrogens with one attached hydrogen (secondary N) is 1. The molecule has 3 aromatic rings. The molecule has 0 aliphatic heterocycles. The van der Waals surface area contributed by atoms with Crippen LogP contribution in [-0.4, -0.2) is 28.1 Å².